The number of halogens is 1. The Morgan fingerprint density at radius 2 is 2.12 bits per heavy atom. The number of primary amides is 1. The average Bonchev–Trinajstić information content (AvgIpc) is 3.14. The van der Waals surface area contributed by atoms with Crippen LogP contribution in [0.4, 0.5) is 10.1 Å². The minimum absolute atomic E-state index is 0.487. The Hall–Kier alpha value is -2.58. The number of hydrogen-bond donors (Lipinski definition) is 2. The van der Waals surface area contributed by atoms with Gasteiger partial charge in [-0.1, -0.05) is 0 Å². The van der Waals surface area contributed by atoms with Crippen LogP contribution in [0.3, 0.4) is 0 Å². The number of benzene rings is 1. The van der Waals surface area contributed by atoms with Crippen LogP contribution in [0, 0.1) is 27.3 Å². The van der Waals surface area contributed by atoms with Gasteiger partial charge >= 0.3 is 0 Å². The van der Waals surface area contributed by atoms with Crippen molar-refractivity contribution in [1.29, 1.82) is 5.26 Å². The van der Waals surface area contributed by atoms with Crippen molar-refractivity contribution in [2.75, 3.05) is 0 Å². The highest BCUT2D eigenvalue weighted by Crippen LogP contribution is 2.37. The van der Waals surface area contributed by atoms with Gasteiger partial charge in [-0.2, -0.15) is 5.26 Å². The number of sulfonamides is 1. The van der Waals surface area contributed by atoms with Crippen LogP contribution >= 0.6 is 0 Å². The fraction of sp³-hybridized carbons (Fsp3) is 0.385. The van der Waals surface area contributed by atoms with Crippen molar-refractivity contribution >= 4 is 21.6 Å². The van der Waals surface area contributed by atoms with Gasteiger partial charge in [-0.25, -0.2) is 17.5 Å². The van der Waals surface area contributed by atoms with E-state index in [9.17, 15) is 27.7 Å². The minimum Gasteiger partial charge on any atom is -0.368 e. The summed E-state index contributed by atoms with van der Waals surface area (Å²) in [7, 11) is -4.34. The molecule has 3 N–H and O–H groups in total. The second-order valence-corrected chi connectivity index (χ2v) is 7.38. The number of nitrogens with one attached hydrogen (secondary N) is 1. The predicted octanol–water partition coefficient (Wildman–Crippen LogP) is 0.657. The molecule has 1 unspecified atom stereocenters. The second kappa shape index (κ2) is 5.81. The van der Waals surface area contributed by atoms with Crippen LogP contribution in [0.25, 0.3) is 0 Å². The van der Waals surface area contributed by atoms with Crippen LogP contribution < -0.4 is 10.5 Å². The molecule has 128 valence electrons. The Morgan fingerprint density at radius 3 is 2.54 bits per heavy atom. The zero-order chi connectivity index (χ0) is 18.3. The van der Waals surface area contributed by atoms with Crippen molar-refractivity contribution in [3.05, 3.63) is 33.6 Å². The van der Waals surface area contributed by atoms with Crippen molar-refractivity contribution < 1.29 is 22.5 Å². The monoisotopic (exact) mass is 356 g/mol. The summed E-state index contributed by atoms with van der Waals surface area (Å²) in [5, 5.41) is 20.1. The number of carbonyl (C=O) groups is 1. The summed E-state index contributed by atoms with van der Waals surface area (Å²) in [6, 6.07) is 2.41. The summed E-state index contributed by atoms with van der Waals surface area (Å²) >= 11 is 0. The number of nitro groups is 1. The van der Waals surface area contributed by atoms with Gasteiger partial charge in [0.15, 0.2) is 5.92 Å². The average molecular weight is 356 g/mol. The van der Waals surface area contributed by atoms with Crippen LogP contribution in [-0.2, 0) is 14.8 Å². The molecule has 1 aromatic rings. The van der Waals surface area contributed by atoms with Gasteiger partial charge in [0.1, 0.15) is 10.7 Å². The molecule has 1 fully saturated rings. The highest BCUT2D eigenvalue weighted by Gasteiger charge is 2.42. The third-order valence-electron chi connectivity index (χ3n) is 3.67. The molecule has 1 atom stereocenters. The molecule has 1 aliphatic rings. The maximum Gasteiger partial charge on any atom is 0.276 e. The van der Waals surface area contributed by atoms with Crippen molar-refractivity contribution in [2.45, 2.75) is 36.1 Å². The van der Waals surface area contributed by atoms with Gasteiger partial charge in [0.05, 0.1) is 16.6 Å². The number of hydrogen-bond acceptors (Lipinski definition) is 6. The van der Waals surface area contributed by atoms with Gasteiger partial charge in [-0.3, -0.25) is 14.9 Å². The van der Waals surface area contributed by atoms with Gasteiger partial charge < -0.3 is 5.73 Å². The molecule has 0 radical (unpaired) electrons. The lowest BCUT2D eigenvalue weighted by Gasteiger charge is -2.14. The van der Waals surface area contributed by atoms with E-state index in [0.717, 1.165) is 0 Å². The van der Waals surface area contributed by atoms with Crippen molar-refractivity contribution in [1.82, 2.24) is 4.72 Å². The van der Waals surface area contributed by atoms with Crippen LogP contribution in [0.5, 0.6) is 0 Å². The molecule has 1 amide bonds. The third kappa shape index (κ3) is 3.34. The number of carbonyl (C=O) groups excluding carboxylic acids is 1. The number of nitrogens with two attached hydrogens (primary N) is 1. The summed E-state index contributed by atoms with van der Waals surface area (Å²) in [5.74, 6) is -4.29. The molecule has 0 bridgehead atoms. The van der Waals surface area contributed by atoms with Crippen molar-refractivity contribution in [2.24, 2.45) is 5.73 Å². The predicted molar refractivity (Wildman–Crippen MR) is 78.6 cm³/mol. The van der Waals surface area contributed by atoms with Crippen LogP contribution in [-0.4, -0.2) is 24.8 Å². The molecule has 0 spiro atoms. The first kappa shape index (κ1) is 17.8. The van der Waals surface area contributed by atoms with Gasteiger partial charge in [0.25, 0.3) is 5.69 Å². The Bertz CT molecular complexity index is 873. The summed E-state index contributed by atoms with van der Waals surface area (Å²) in [6.45, 7) is 1.62. The topological polar surface area (TPSA) is 156 Å². The zero-order valence-corrected chi connectivity index (χ0v) is 13.3. The zero-order valence-electron chi connectivity index (χ0n) is 12.4. The molecule has 1 aromatic carbocycles. The first-order chi connectivity index (χ1) is 11.0. The fourth-order valence-electron chi connectivity index (χ4n) is 2.11. The van der Waals surface area contributed by atoms with Gasteiger partial charge in [0.2, 0.25) is 15.9 Å². The van der Waals surface area contributed by atoms with E-state index in [-0.39, 0.29) is 0 Å². The summed E-state index contributed by atoms with van der Waals surface area (Å²) in [6.07, 6.45) is 1.12. The Balaban J connectivity index is 2.61. The minimum atomic E-state index is -4.34. The number of amides is 1. The number of nitrogens with zero attached hydrogens (tertiary/aromatic N) is 2. The molecule has 9 nitrogen and oxygen atoms in total. The van der Waals surface area contributed by atoms with E-state index in [1.165, 1.54) is 6.07 Å². The molecule has 0 aromatic heterocycles. The molecule has 1 aliphatic carbocycles. The number of nitriles is 1. The highest BCUT2D eigenvalue weighted by molar-refractivity contribution is 7.89. The van der Waals surface area contributed by atoms with E-state index in [1.807, 2.05) is 0 Å². The second-order valence-electron chi connectivity index (χ2n) is 5.73. The van der Waals surface area contributed by atoms with Crippen LogP contribution in [0.15, 0.2) is 17.0 Å². The largest absolute Gasteiger partial charge is 0.368 e. The van der Waals surface area contributed by atoms with E-state index >= 15 is 0 Å². The lowest BCUT2D eigenvalue weighted by Crippen LogP contribution is -2.34. The van der Waals surface area contributed by atoms with E-state index in [4.69, 9.17) is 11.0 Å². The Morgan fingerprint density at radius 1 is 1.54 bits per heavy atom. The molecule has 1 saturated carbocycles. The van der Waals surface area contributed by atoms with E-state index in [2.05, 4.69) is 4.72 Å². The summed E-state index contributed by atoms with van der Waals surface area (Å²) < 4.78 is 41.0. The molecule has 0 saturated heterocycles. The van der Waals surface area contributed by atoms with E-state index in [0.29, 0.717) is 25.0 Å². The quantitative estimate of drug-likeness (QED) is 0.563. The number of nitro benzene ring substituents is 1. The standard InChI is InChI=1S/C13H13FN4O5S/c1-13(2-3-13)17-24(22,23)11-5-10(18(20)21)7(4-9(11)14)8(6-15)12(16)19/h4-5,8,17H,2-3H2,1H3,(H2,16,19). The van der Waals surface area contributed by atoms with Gasteiger partial charge in [-0.05, 0) is 25.8 Å². The lowest BCUT2D eigenvalue weighted by atomic mass is 9.98. The van der Waals surface area contributed by atoms with Crippen molar-refractivity contribution in [3.63, 3.8) is 0 Å². The number of rotatable bonds is 6. The van der Waals surface area contributed by atoms with Crippen LogP contribution in [0.2, 0.25) is 0 Å². The molecule has 11 heteroatoms. The molecule has 24 heavy (non-hydrogen) atoms. The molecular weight excluding hydrogens is 343 g/mol. The maximum atomic E-state index is 14.2. The first-order valence-electron chi connectivity index (χ1n) is 6.71. The molecular formula is C13H13FN4O5S. The van der Waals surface area contributed by atoms with Crippen molar-refractivity contribution in [3.8, 4) is 6.07 Å². The van der Waals surface area contributed by atoms with Gasteiger partial charge in [0, 0.05) is 11.6 Å². The van der Waals surface area contributed by atoms with E-state index < -0.39 is 54.3 Å². The smallest absolute Gasteiger partial charge is 0.276 e. The lowest BCUT2D eigenvalue weighted by molar-refractivity contribution is -0.385. The molecule has 0 heterocycles. The van der Waals surface area contributed by atoms with E-state index in [1.54, 1.807) is 6.92 Å². The molecule has 2 rings (SSSR count). The normalized spacial score (nSPS) is 16.9. The van der Waals surface area contributed by atoms with Crippen LogP contribution in [0.1, 0.15) is 31.2 Å². The first-order valence-corrected chi connectivity index (χ1v) is 8.20. The fourth-order valence-corrected chi connectivity index (χ4v) is 3.65. The Kier molecular flexibility index (Phi) is 4.30. The Labute approximate surface area is 136 Å². The SMILES string of the molecule is CC1(NS(=O)(=O)c2cc([N+](=O)[O-])c(C(C#N)C(N)=O)cc2F)CC1. The molecule has 0 aliphatic heterocycles. The highest BCUT2D eigenvalue weighted by atomic mass is 32.2. The maximum absolute atomic E-state index is 14.2. The van der Waals surface area contributed by atoms with Gasteiger partial charge in [-0.15, -0.1) is 0 Å². The summed E-state index contributed by atoms with van der Waals surface area (Å²) in [5.41, 5.74) is 2.80. The third-order valence-corrected chi connectivity index (χ3v) is 5.33. The summed E-state index contributed by atoms with van der Waals surface area (Å²) in [4.78, 5) is 20.5.